The zero-order chi connectivity index (χ0) is 21.4. The zero-order valence-corrected chi connectivity index (χ0v) is 16.8. The molecule has 0 amide bonds. The Hall–Kier alpha value is -3.17. The molecule has 0 aliphatic carbocycles. The van der Waals surface area contributed by atoms with E-state index in [1.54, 1.807) is 12.4 Å². The molecule has 1 saturated heterocycles. The van der Waals surface area contributed by atoms with Gasteiger partial charge in [-0.1, -0.05) is 0 Å². The van der Waals surface area contributed by atoms with Crippen molar-refractivity contribution in [3.8, 4) is 11.3 Å². The summed E-state index contributed by atoms with van der Waals surface area (Å²) < 4.78 is 34.6. The van der Waals surface area contributed by atoms with Gasteiger partial charge in [-0.3, -0.25) is 4.98 Å². The van der Waals surface area contributed by atoms with Crippen molar-refractivity contribution >= 4 is 17.5 Å². The molecule has 2 aliphatic heterocycles. The van der Waals surface area contributed by atoms with Gasteiger partial charge in [0.05, 0.1) is 25.5 Å². The summed E-state index contributed by atoms with van der Waals surface area (Å²) in [5.41, 5.74) is 1.96. The summed E-state index contributed by atoms with van der Waals surface area (Å²) in [7, 11) is 0. The van der Waals surface area contributed by atoms with Crippen LogP contribution in [0, 0.1) is 11.6 Å². The molecule has 3 aromatic rings. The molecule has 5 rings (SSSR count). The number of hydrogen-bond acceptors (Lipinski definition) is 7. The van der Waals surface area contributed by atoms with E-state index in [9.17, 15) is 9.50 Å². The number of ether oxygens (including phenoxy) is 1. The molecule has 1 N–H and O–H groups in total. The van der Waals surface area contributed by atoms with Crippen molar-refractivity contribution in [2.75, 3.05) is 42.6 Å². The summed E-state index contributed by atoms with van der Waals surface area (Å²) in [6.07, 6.45) is 4.04. The molecule has 0 unspecified atom stereocenters. The van der Waals surface area contributed by atoms with Gasteiger partial charge in [0.2, 0.25) is 5.95 Å². The summed E-state index contributed by atoms with van der Waals surface area (Å²) in [6, 6.07) is 6.34. The van der Waals surface area contributed by atoms with E-state index in [4.69, 9.17) is 14.7 Å². The molecule has 1 fully saturated rings. The number of halogens is 2. The van der Waals surface area contributed by atoms with Crippen LogP contribution in [-0.4, -0.2) is 52.9 Å². The highest BCUT2D eigenvalue weighted by atomic mass is 19.1. The Bertz CT molecular complexity index is 1110. The monoisotopic (exact) mass is 425 g/mol. The summed E-state index contributed by atoms with van der Waals surface area (Å²) in [4.78, 5) is 17.7. The summed E-state index contributed by atoms with van der Waals surface area (Å²) in [6.45, 7) is 2.30. The number of aromatic nitrogens is 3. The number of aliphatic hydroxyl groups excluding tert-OH is 1. The Balaban J connectivity index is 1.69. The van der Waals surface area contributed by atoms with Gasteiger partial charge < -0.3 is 19.6 Å². The normalized spacial score (nSPS) is 16.0. The van der Waals surface area contributed by atoms with Gasteiger partial charge in [0.15, 0.2) is 0 Å². The van der Waals surface area contributed by atoms with E-state index in [0.717, 1.165) is 11.3 Å². The van der Waals surface area contributed by atoms with Crippen molar-refractivity contribution in [2.45, 2.75) is 13.0 Å². The third-order valence-electron chi connectivity index (χ3n) is 5.68. The Morgan fingerprint density at radius 1 is 1.00 bits per heavy atom. The predicted molar refractivity (Wildman–Crippen MR) is 111 cm³/mol. The topological polar surface area (TPSA) is 74.6 Å². The van der Waals surface area contributed by atoms with E-state index < -0.39 is 18.2 Å². The highest BCUT2D eigenvalue weighted by molar-refractivity contribution is 5.77. The van der Waals surface area contributed by atoms with Crippen molar-refractivity contribution in [2.24, 2.45) is 0 Å². The number of hydrogen-bond donors (Lipinski definition) is 1. The smallest absolute Gasteiger partial charge is 0.228 e. The van der Waals surface area contributed by atoms with Crippen LogP contribution in [0.15, 0.2) is 36.7 Å². The lowest BCUT2D eigenvalue weighted by Crippen LogP contribution is -2.37. The number of benzene rings is 1. The van der Waals surface area contributed by atoms with Crippen LogP contribution in [0.25, 0.3) is 11.3 Å². The van der Waals surface area contributed by atoms with Gasteiger partial charge in [0.1, 0.15) is 17.5 Å². The minimum absolute atomic E-state index is 0.162. The van der Waals surface area contributed by atoms with Crippen LogP contribution in [0.5, 0.6) is 0 Å². The lowest BCUT2D eigenvalue weighted by Gasteiger charge is -2.28. The molecule has 2 aliphatic rings. The molecule has 1 aromatic carbocycles. The van der Waals surface area contributed by atoms with Crippen molar-refractivity contribution in [3.63, 3.8) is 0 Å². The zero-order valence-electron chi connectivity index (χ0n) is 16.8. The highest BCUT2D eigenvalue weighted by Crippen LogP contribution is 2.40. The van der Waals surface area contributed by atoms with Crippen molar-refractivity contribution < 1.29 is 18.6 Å². The molecule has 0 spiro atoms. The van der Waals surface area contributed by atoms with Gasteiger partial charge in [-0.15, -0.1) is 0 Å². The Morgan fingerprint density at radius 3 is 2.52 bits per heavy atom. The number of nitrogens with zero attached hydrogens (tertiary/aromatic N) is 5. The lowest BCUT2D eigenvalue weighted by molar-refractivity contribution is 0.122. The first-order chi connectivity index (χ1) is 15.2. The van der Waals surface area contributed by atoms with E-state index in [-0.39, 0.29) is 11.1 Å². The number of pyridine rings is 1. The number of rotatable bonds is 4. The van der Waals surface area contributed by atoms with Crippen LogP contribution in [0.1, 0.15) is 11.1 Å². The lowest BCUT2D eigenvalue weighted by atomic mass is 10.0. The molecular formula is C22H21F2N5O2. The quantitative estimate of drug-likeness (QED) is 0.689. The third kappa shape index (κ3) is 3.49. The van der Waals surface area contributed by atoms with E-state index in [0.29, 0.717) is 56.7 Å². The fourth-order valence-electron chi connectivity index (χ4n) is 4.07. The fraction of sp³-hybridized carbons (Fsp3) is 0.318. The van der Waals surface area contributed by atoms with Crippen LogP contribution >= 0.6 is 0 Å². The molecule has 0 atom stereocenters. The van der Waals surface area contributed by atoms with E-state index in [1.807, 2.05) is 17.0 Å². The molecule has 9 heteroatoms. The van der Waals surface area contributed by atoms with Crippen LogP contribution in [0.4, 0.5) is 26.2 Å². The molecule has 0 radical (unpaired) electrons. The van der Waals surface area contributed by atoms with Crippen LogP contribution in [-0.2, 0) is 17.8 Å². The maximum Gasteiger partial charge on any atom is 0.228 e. The van der Waals surface area contributed by atoms with Gasteiger partial charge in [0.25, 0.3) is 0 Å². The van der Waals surface area contributed by atoms with E-state index >= 15 is 4.39 Å². The number of aliphatic hydroxyl groups is 1. The summed E-state index contributed by atoms with van der Waals surface area (Å²) in [5, 5.41) is 9.46. The molecule has 7 nitrogen and oxygen atoms in total. The number of fused-ring (bicyclic) bond motifs is 1. The standard InChI is InChI=1S/C22H21F2N5O2/c23-18-2-1-15(19(24)17(18)13-30)20-16-5-8-29(14-3-6-25-7-4-14)21(16)27-22(26-20)28-9-11-31-12-10-28/h1-4,6-7,30H,5,8-13H2. The largest absolute Gasteiger partial charge is 0.391 e. The molecular weight excluding hydrogens is 404 g/mol. The van der Waals surface area contributed by atoms with E-state index in [1.165, 1.54) is 12.1 Å². The van der Waals surface area contributed by atoms with E-state index in [2.05, 4.69) is 9.88 Å². The maximum atomic E-state index is 15.2. The van der Waals surface area contributed by atoms with Gasteiger partial charge in [0, 0.05) is 54.4 Å². The first kappa shape index (κ1) is 19.8. The second-order valence-electron chi connectivity index (χ2n) is 7.43. The second-order valence-corrected chi connectivity index (χ2v) is 7.43. The van der Waals surface area contributed by atoms with Crippen LogP contribution in [0.3, 0.4) is 0 Å². The second kappa shape index (κ2) is 8.16. The maximum absolute atomic E-state index is 15.2. The molecule has 0 saturated carbocycles. The first-order valence-corrected chi connectivity index (χ1v) is 10.2. The van der Waals surface area contributed by atoms with Crippen LogP contribution in [0.2, 0.25) is 0 Å². The minimum atomic E-state index is -0.793. The van der Waals surface area contributed by atoms with Crippen molar-refractivity contribution in [1.29, 1.82) is 0 Å². The Kier molecular flexibility index (Phi) is 5.21. The average Bonchev–Trinajstić information content (AvgIpc) is 3.24. The van der Waals surface area contributed by atoms with Gasteiger partial charge in [-0.05, 0) is 30.7 Å². The SMILES string of the molecule is OCc1c(F)ccc(-c2nc(N3CCOCC3)nc3c2CCN3c2ccncc2)c1F. The number of anilines is 3. The van der Waals surface area contributed by atoms with Gasteiger partial charge >= 0.3 is 0 Å². The predicted octanol–water partition coefficient (Wildman–Crippen LogP) is 2.84. The molecule has 2 aromatic heterocycles. The van der Waals surface area contributed by atoms with Gasteiger partial charge in [-0.25, -0.2) is 13.8 Å². The van der Waals surface area contributed by atoms with Crippen molar-refractivity contribution in [1.82, 2.24) is 15.0 Å². The molecule has 160 valence electrons. The van der Waals surface area contributed by atoms with Crippen molar-refractivity contribution in [3.05, 3.63) is 59.4 Å². The van der Waals surface area contributed by atoms with Gasteiger partial charge in [-0.2, -0.15) is 4.98 Å². The first-order valence-electron chi connectivity index (χ1n) is 10.2. The molecule has 4 heterocycles. The third-order valence-corrected chi connectivity index (χ3v) is 5.68. The van der Waals surface area contributed by atoms with Crippen LogP contribution < -0.4 is 9.80 Å². The average molecular weight is 425 g/mol. The number of morpholine rings is 1. The molecule has 0 bridgehead atoms. The Morgan fingerprint density at radius 2 is 1.77 bits per heavy atom. The fourth-order valence-corrected chi connectivity index (χ4v) is 4.07. The highest BCUT2D eigenvalue weighted by Gasteiger charge is 2.30. The summed E-state index contributed by atoms with van der Waals surface area (Å²) in [5.74, 6) is -0.390. The Labute approximate surface area is 178 Å². The minimum Gasteiger partial charge on any atom is -0.391 e. The summed E-state index contributed by atoms with van der Waals surface area (Å²) >= 11 is 0. The molecule has 31 heavy (non-hydrogen) atoms.